The zero-order valence-electron chi connectivity index (χ0n) is 6.61. The van der Waals surface area contributed by atoms with Crippen LogP contribution < -0.4 is 0 Å². The van der Waals surface area contributed by atoms with E-state index < -0.39 is 8.32 Å². The summed E-state index contributed by atoms with van der Waals surface area (Å²) in [6, 6.07) is 1.34. The Labute approximate surface area is 74.5 Å². The summed E-state index contributed by atoms with van der Waals surface area (Å²) in [5.41, 5.74) is 0. The van der Waals surface area contributed by atoms with E-state index in [4.69, 9.17) is 2.54 Å². The Hall–Kier alpha value is 1.05. The molecule has 0 N–H and O–H groups in total. The predicted molar refractivity (Wildman–Crippen MR) is 44.0 cm³/mol. The van der Waals surface area contributed by atoms with Crippen molar-refractivity contribution in [1.82, 2.24) is 0 Å². The zero-order chi connectivity index (χ0) is 7.33. The van der Waals surface area contributed by atoms with Gasteiger partial charge in [-0.1, -0.05) is 0 Å². The first-order valence-electron chi connectivity index (χ1n) is 3.50. The third-order valence-electron chi connectivity index (χ3n) is 1.45. The molecule has 0 saturated carbocycles. The fourth-order valence-electron chi connectivity index (χ4n) is 0.661. The second-order valence-electron chi connectivity index (χ2n) is 2.98. The Morgan fingerprint density at radius 3 is 2.33 bits per heavy atom. The molecular weight excluding hydrogens is 231 g/mol. The van der Waals surface area contributed by atoms with E-state index in [1.165, 1.54) is 18.9 Å². The first kappa shape index (κ1) is 10.0. The molecule has 0 heterocycles. The van der Waals surface area contributed by atoms with Crippen molar-refractivity contribution >= 4 is 33.1 Å². The summed E-state index contributed by atoms with van der Waals surface area (Å²) in [5.74, 6) is 0. The normalized spacial score (nSPS) is 11.9. The summed E-state index contributed by atoms with van der Waals surface area (Å²) >= 11 is 0.984. The van der Waals surface area contributed by atoms with Gasteiger partial charge in [-0.25, -0.2) is 0 Å². The van der Waals surface area contributed by atoms with Crippen molar-refractivity contribution in [3.05, 3.63) is 0 Å². The summed E-state index contributed by atoms with van der Waals surface area (Å²) in [6.45, 7) is 6.83. The third-order valence-corrected chi connectivity index (χ3v) is 9.11. The molecule has 0 aromatic carbocycles. The molecule has 2 radical (unpaired) electrons. The van der Waals surface area contributed by atoms with E-state index in [0.29, 0.717) is 0 Å². The van der Waals surface area contributed by atoms with E-state index in [9.17, 15) is 0 Å². The summed E-state index contributed by atoms with van der Waals surface area (Å²) in [6.07, 6.45) is 2.65. The molecule has 9 heavy (non-hydrogen) atoms. The first-order valence-corrected chi connectivity index (χ1v) is 7.96. The molecule has 0 amide bonds. The molecule has 0 aliphatic carbocycles. The van der Waals surface area contributed by atoms with Gasteiger partial charge in [0.25, 0.3) is 0 Å². The van der Waals surface area contributed by atoms with Crippen LogP contribution in [-0.4, -0.2) is 33.1 Å². The van der Waals surface area contributed by atoms with Crippen LogP contribution in [0.25, 0.3) is 0 Å². The average molecular weight is 246 g/mol. The Morgan fingerprint density at radius 1 is 1.44 bits per heavy atom. The van der Waals surface area contributed by atoms with E-state index in [0.717, 1.165) is 24.8 Å². The van der Waals surface area contributed by atoms with Gasteiger partial charge in [0, 0.05) is 0 Å². The molecule has 0 aromatic heterocycles. The number of hydrogen-bond acceptors (Lipinski definition) is 1. The van der Waals surface area contributed by atoms with Crippen molar-refractivity contribution < 1.29 is 2.54 Å². The van der Waals surface area contributed by atoms with Gasteiger partial charge in [-0.2, -0.15) is 0 Å². The molecule has 0 unspecified atom stereocenters. The van der Waals surface area contributed by atoms with E-state index in [1.54, 1.807) is 0 Å². The van der Waals surface area contributed by atoms with Crippen LogP contribution in [0.15, 0.2) is 0 Å². The van der Waals surface area contributed by atoms with Crippen molar-refractivity contribution in [2.24, 2.45) is 0 Å². The molecule has 0 fully saturated rings. The van der Waals surface area contributed by atoms with Gasteiger partial charge < -0.3 is 0 Å². The van der Waals surface area contributed by atoms with Crippen LogP contribution in [0.3, 0.4) is 0 Å². The number of rotatable bonds is 4. The molecule has 0 spiro atoms. The van der Waals surface area contributed by atoms with Gasteiger partial charge in [0.05, 0.1) is 0 Å². The number of unbranched alkanes of at least 4 members (excludes halogenated alkanes) is 1. The van der Waals surface area contributed by atoms with Crippen LogP contribution in [-0.2, 0) is 2.54 Å². The molecule has 52 valence electrons. The maximum absolute atomic E-state index is 5.51. The van der Waals surface area contributed by atoms with Crippen LogP contribution in [0.5, 0.6) is 0 Å². The molecule has 0 rings (SSSR count). The van der Waals surface area contributed by atoms with Gasteiger partial charge in [-0.3, -0.25) is 0 Å². The zero-order valence-corrected chi connectivity index (χ0v) is 10.9. The van der Waals surface area contributed by atoms with Crippen molar-refractivity contribution in [3.63, 3.8) is 0 Å². The molecule has 0 bridgehead atoms. The van der Waals surface area contributed by atoms with Gasteiger partial charge in [0.15, 0.2) is 0 Å². The van der Waals surface area contributed by atoms with E-state index in [1.807, 2.05) is 0 Å². The standard InChI is InChI=1S/C6H15OSi.In/c1-4-5-6-8(2,3)7;/h4-6H2,1-3H3;/q-1;+1. The summed E-state index contributed by atoms with van der Waals surface area (Å²) in [7, 11) is -1.14. The van der Waals surface area contributed by atoms with Crippen molar-refractivity contribution in [2.45, 2.75) is 38.9 Å². The molecule has 0 aliphatic heterocycles. The quantitative estimate of drug-likeness (QED) is 0.690. The van der Waals surface area contributed by atoms with Crippen molar-refractivity contribution in [3.8, 4) is 0 Å². The van der Waals surface area contributed by atoms with Gasteiger partial charge in [0.1, 0.15) is 0 Å². The SMILES string of the molecule is CCCC[Si](C)(C)[O][In]. The van der Waals surface area contributed by atoms with Crippen LogP contribution in [0.1, 0.15) is 19.8 Å². The molecule has 0 aromatic rings. The average Bonchev–Trinajstić information content (AvgIpc) is 1.84. The Morgan fingerprint density at radius 2 is 2.00 bits per heavy atom. The van der Waals surface area contributed by atoms with Gasteiger partial charge >= 0.3 is 74.6 Å². The summed E-state index contributed by atoms with van der Waals surface area (Å²) in [4.78, 5) is 0. The number of hydrogen-bond donors (Lipinski definition) is 0. The van der Waals surface area contributed by atoms with Crippen LogP contribution in [0.4, 0.5) is 0 Å². The van der Waals surface area contributed by atoms with E-state index >= 15 is 0 Å². The second kappa shape index (κ2) is 4.80. The van der Waals surface area contributed by atoms with Gasteiger partial charge in [-0.15, -0.1) is 0 Å². The topological polar surface area (TPSA) is 9.23 Å². The van der Waals surface area contributed by atoms with Crippen LogP contribution >= 0.6 is 0 Å². The molecular formula is C6H15InOSi. The van der Waals surface area contributed by atoms with Crippen molar-refractivity contribution in [1.29, 1.82) is 0 Å². The fraction of sp³-hybridized carbons (Fsp3) is 1.00. The molecule has 0 aliphatic rings. The molecule has 0 saturated heterocycles. The second-order valence-corrected chi connectivity index (χ2v) is 9.25. The fourth-order valence-corrected chi connectivity index (χ4v) is 2.99. The molecule has 3 heteroatoms. The van der Waals surface area contributed by atoms with Crippen LogP contribution in [0.2, 0.25) is 19.1 Å². The maximum atomic E-state index is 5.51. The Balaban J connectivity index is 3.33. The van der Waals surface area contributed by atoms with Crippen LogP contribution in [0, 0.1) is 0 Å². The molecule has 0 atom stereocenters. The molecule has 1 nitrogen and oxygen atoms in total. The third kappa shape index (κ3) is 5.49. The van der Waals surface area contributed by atoms with Gasteiger partial charge in [0.2, 0.25) is 0 Å². The van der Waals surface area contributed by atoms with Gasteiger partial charge in [-0.05, 0) is 0 Å². The minimum atomic E-state index is -1.14. The van der Waals surface area contributed by atoms with Crippen molar-refractivity contribution in [2.75, 3.05) is 0 Å². The Bertz CT molecular complexity index is 75.5. The predicted octanol–water partition coefficient (Wildman–Crippen LogP) is 2.09. The van der Waals surface area contributed by atoms with E-state index in [2.05, 4.69) is 20.0 Å². The summed E-state index contributed by atoms with van der Waals surface area (Å²) < 4.78 is 5.51. The Kier molecular flexibility index (Phi) is 5.36. The minimum absolute atomic E-state index is 0.984. The van der Waals surface area contributed by atoms with E-state index in [-0.39, 0.29) is 0 Å². The monoisotopic (exact) mass is 246 g/mol. The summed E-state index contributed by atoms with van der Waals surface area (Å²) in [5, 5.41) is 0. The first-order chi connectivity index (χ1) is 4.12.